The quantitative estimate of drug-likeness (QED) is 0.814. The second-order valence-corrected chi connectivity index (χ2v) is 5.22. The summed E-state index contributed by atoms with van der Waals surface area (Å²) in [5, 5.41) is 2.89. The van der Waals surface area contributed by atoms with E-state index in [1.807, 2.05) is 0 Å². The largest absolute Gasteiger partial charge is 0.497 e. The zero-order valence-electron chi connectivity index (χ0n) is 12.4. The predicted octanol–water partition coefficient (Wildman–Crippen LogP) is 1.02. The van der Waals surface area contributed by atoms with Gasteiger partial charge in [0.1, 0.15) is 5.75 Å². The van der Waals surface area contributed by atoms with Gasteiger partial charge in [-0.15, -0.1) is 0 Å². The van der Waals surface area contributed by atoms with Crippen LogP contribution in [0.2, 0.25) is 0 Å². The van der Waals surface area contributed by atoms with Gasteiger partial charge in [-0.1, -0.05) is 0 Å². The summed E-state index contributed by atoms with van der Waals surface area (Å²) in [7, 11) is 1.55. The Labute approximate surface area is 124 Å². The number of anilines is 1. The lowest BCUT2D eigenvalue weighted by Crippen LogP contribution is -2.46. The number of nitrogens with two attached hydrogens (primary N) is 1. The number of nitrogen functional groups attached to an aromatic ring is 1. The normalized spacial score (nSPS) is 15.6. The van der Waals surface area contributed by atoms with Crippen molar-refractivity contribution in [3.05, 3.63) is 23.8 Å². The number of ether oxygens (including phenoxy) is 1. The molecule has 0 saturated carbocycles. The SMILES string of the molecule is COc1ccc(N)c(C(=O)N2CCC(NC(C)=O)CC2)c1. The molecule has 1 aromatic rings. The Kier molecular flexibility index (Phi) is 4.67. The Morgan fingerprint density at radius 3 is 2.57 bits per heavy atom. The molecule has 1 aromatic carbocycles. The van der Waals surface area contributed by atoms with Gasteiger partial charge < -0.3 is 20.7 Å². The average Bonchev–Trinajstić information content (AvgIpc) is 2.47. The first kappa shape index (κ1) is 15.2. The highest BCUT2D eigenvalue weighted by atomic mass is 16.5. The molecule has 0 radical (unpaired) electrons. The van der Waals surface area contributed by atoms with E-state index in [-0.39, 0.29) is 17.9 Å². The van der Waals surface area contributed by atoms with Crippen LogP contribution in [0.3, 0.4) is 0 Å². The van der Waals surface area contributed by atoms with E-state index in [4.69, 9.17) is 10.5 Å². The highest BCUT2D eigenvalue weighted by Crippen LogP contribution is 2.22. The fourth-order valence-corrected chi connectivity index (χ4v) is 2.53. The highest BCUT2D eigenvalue weighted by Gasteiger charge is 2.25. The molecular formula is C15H21N3O3. The molecular weight excluding hydrogens is 270 g/mol. The summed E-state index contributed by atoms with van der Waals surface area (Å²) in [6, 6.07) is 5.22. The highest BCUT2D eigenvalue weighted by molar-refractivity contribution is 5.99. The zero-order chi connectivity index (χ0) is 15.4. The lowest BCUT2D eigenvalue weighted by atomic mass is 10.0. The van der Waals surface area contributed by atoms with Gasteiger partial charge in [-0.2, -0.15) is 0 Å². The predicted molar refractivity (Wildman–Crippen MR) is 80.1 cm³/mol. The number of amides is 2. The molecule has 6 nitrogen and oxygen atoms in total. The van der Waals surface area contributed by atoms with Gasteiger partial charge in [0.15, 0.2) is 0 Å². The molecule has 1 heterocycles. The van der Waals surface area contributed by atoms with Gasteiger partial charge in [-0.3, -0.25) is 9.59 Å². The van der Waals surface area contributed by atoms with Crippen LogP contribution >= 0.6 is 0 Å². The summed E-state index contributed by atoms with van der Waals surface area (Å²) >= 11 is 0. The molecule has 3 N–H and O–H groups in total. The summed E-state index contributed by atoms with van der Waals surface area (Å²) in [6.07, 6.45) is 1.52. The zero-order valence-corrected chi connectivity index (χ0v) is 12.4. The Morgan fingerprint density at radius 2 is 2.00 bits per heavy atom. The molecule has 0 aromatic heterocycles. The lowest BCUT2D eigenvalue weighted by molar-refractivity contribution is -0.119. The van der Waals surface area contributed by atoms with Gasteiger partial charge >= 0.3 is 0 Å². The van der Waals surface area contributed by atoms with Crippen molar-refractivity contribution in [3.8, 4) is 5.75 Å². The number of nitrogens with zero attached hydrogens (tertiary/aromatic N) is 1. The summed E-state index contributed by atoms with van der Waals surface area (Å²) < 4.78 is 5.13. The lowest BCUT2D eigenvalue weighted by Gasteiger charge is -2.32. The number of hydrogen-bond donors (Lipinski definition) is 2. The minimum absolute atomic E-state index is 0.0307. The van der Waals surface area contributed by atoms with Crippen molar-refractivity contribution in [2.24, 2.45) is 0 Å². The van der Waals surface area contributed by atoms with E-state index in [1.54, 1.807) is 30.2 Å². The number of carbonyl (C=O) groups excluding carboxylic acids is 2. The molecule has 6 heteroatoms. The molecule has 0 atom stereocenters. The minimum Gasteiger partial charge on any atom is -0.497 e. The van der Waals surface area contributed by atoms with Crippen molar-refractivity contribution in [1.82, 2.24) is 10.2 Å². The van der Waals surface area contributed by atoms with Gasteiger partial charge in [0.05, 0.1) is 12.7 Å². The van der Waals surface area contributed by atoms with Crippen molar-refractivity contribution >= 4 is 17.5 Å². The van der Waals surface area contributed by atoms with Crippen LogP contribution in [0.15, 0.2) is 18.2 Å². The molecule has 2 amide bonds. The van der Waals surface area contributed by atoms with Gasteiger partial charge in [-0.05, 0) is 31.0 Å². The van der Waals surface area contributed by atoms with Crippen LogP contribution in [0.4, 0.5) is 5.69 Å². The fourth-order valence-electron chi connectivity index (χ4n) is 2.53. The molecule has 0 aliphatic carbocycles. The van der Waals surface area contributed by atoms with Gasteiger partial charge in [0.2, 0.25) is 5.91 Å². The third-order valence-electron chi connectivity index (χ3n) is 3.68. The standard InChI is InChI=1S/C15H21N3O3/c1-10(19)17-11-5-7-18(8-6-11)15(20)13-9-12(21-2)3-4-14(13)16/h3-4,9,11H,5-8,16H2,1-2H3,(H,17,19). The van der Waals surface area contributed by atoms with E-state index in [0.717, 1.165) is 12.8 Å². The summed E-state index contributed by atoms with van der Waals surface area (Å²) in [5.41, 5.74) is 6.80. The molecule has 0 bridgehead atoms. The number of piperidine rings is 1. The van der Waals surface area contributed by atoms with Crippen molar-refractivity contribution in [1.29, 1.82) is 0 Å². The Hall–Kier alpha value is -2.24. The van der Waals surface area contributed by atoms with Crippen LogP contribution in [0, 0.1) is 0 Å². The van der Waals surface area contributed by atoms with Crippen molar-refractivity contribution in [2.75, 3.05) is 25.9 Å². The first-order valence-electron chi connectivity index (χ1n) is 7.01. The van der Waals surface area contributed by atoms with E-state index < -0.39 is 0 Å². The molecule has 1 aliphatic heterocycles. The van der Waals surface area contributed by atoms with Gasteiger partial charge in [0, 0.05) is 31.7 Å². The van der Waals surface area contributed by atoms with Crippen LogP contribution in [0.25, 0.3) is 0 Å². The Bertz CT molecular complexity index is 537. The molecule has 1 aliphatic rings. The average molecular weight is 291 g/mol. The second-order valence-electron chi connectivity index (χ2n) is 5.22. The maximum absolute atomic E-state index is 12.5. The van der Waals surface area contributed by atoms with Gasteiger partial charge in [0.25, 0.3) is 5.91 Å². The number of likely N-dealkylation sites (tertiary alicyclic amines) is 1. The molecule has 0 unspecified atom stereocenters. The van der Waals surface area contributed by atoms with E-state index in [9.17, 15) is 9.59 Å². The first-order chi connectivity index (χ1) is 10.0. The molecule has 114 valence electrons. The van der Waals surface area contributed by atoms with E-state index in [2.05, 4.69) is 5.32 Å². The van der Waals surface area contributed by atoms with E-state index >= 15 is 0 Å². The van der Waals surface area contributed by atoms with E-state index in [1.165, 1.54) is 6.92 Å². The summed E-state index contributed by atoms with van der Waals surface area (Å²) in [4.78, 5) is 25.3. The maximum Gasteiger partial charge on any atom is 0.256 e. The van der Waals surface area contributed by atoms with Crippen molar-refractivity contribution in [3.63, 3.8) is 0 Å². The van der Waals surface area contributed by atoms with Crippen LogP contribution in [0.5, 0.6) is 5.75 Å². The van der Waals surface area contributed by atoms with Crippen LogP contribution < -0.4 is 15.8 Å². The topological polar surface area (TPSA) is 84.7 Å². The molecule has 2 rings (SSSR count). The number of carbonyl (C=O) groups is 2. The number of hydrogen-bond acceptors (Lipinski definition) is 4. The van der Waals surface area contributed by atoms with Crippen molar-refractivity contribution < 1.29 is 14.3 Å². The summed E-state index contributed by atoms with van der Waals surface area (Å²) in [6.45, 7) is 2.73. The van der Waals surface area contributed by atoms with Crippen LogP contribution in [0.1, 0.15) is 30.1 Å². The number of benzene rings is 1. The monoisotopic (exact) mass is 291 g/mol. The fraction of sp³-hybridized carbons (Fsp3) is 0.467. The third kappa shape index (κ3) is 3.65. The minimum atomic E-state index is -0.0901. The smallest absolute Gasteiger partial charge is 0.256 e. The molecule has 1 fully saturated rings. The van der Waals surface area contributed by atoms with Gasteiger partial charge in [-0.25, -0.2) is 0 Å². The Balaban J connectivity index is 2.03. The molecule has 0 spiro atoms. The Morgan fingerprint density at radius 1 is 1.33 bits per heavy atom. The molecule has 21 heavy (non-hydrogen) atoms. The van der Waals surface area contributed by atoms with E-state index in [0.29, 0.717) is 30.1 Å². The van der Waals surface area contributed by atoms with Crippen molar-refractivity contribution in [2.45, 2.75) is 25.8 Å². The first-order valence-corrected chi connectivity index (χ1v) is 7.01. The second kappa shape index (κ2) is 6.47. The molecule has 1 saturated heterocycles. The van der Waals surface area contributed by atoms with Crippen LogP contribution in [-0.4, -0.2) is 43.0 Å². The number of methoxy groups -OCH3 is 1. The maximum atomic E-state index is 12.5. The van der Waals surface area contributed by atoms with Crippen LogP contribution in [-0.2, 0) is 4.79 Å². The number of nitrogens with one attached hydrogen (secondary N) is 1. The number of rotatable bonds is 3. The summed E-state index contributed by atoms with van der Waals surface area (Å²) in [5.74, 6) is 0.491. The third-order valence-corrected chi connectivity index (χ3v) is 3.68.